The number of nitrogens with zero attached hydrogens (tertiary/aromatic N) is 2. The van der Waals surface area contributed by atoms with Crippen LogP contribution >= 0.6 is 0 Å². The molecule has 138 valence electrons. The van der Waals surface area contributed by atoms with E-state index < -0.39 is 11.7 Å². The normalized spacial score (nSPS) is 12.1. The Balaban J connectivity index is 2.07. The van der Waals surface area contributed by atoms with Crippen molar-refractivity contribution in [1.29, 1.82) is 0 Å². The van der Waals surface area contributed by atoms with Crippen LogP contribution in [0.2, 0.25) is 0 Å². The number of aryl methyl sites for hydroxylation is 3. The van der Waals surface area contributed by atoms with Crippen molar-refractivity contribution in [2.45, 2.75) is 26.9 Å². The Hall–Kier alpha value is -3.09. The summed E-state index contributed by atoms with van der Waals surface area (Å²) >= 11 is 0. The summed E-state index contributed by atoms with van der Waals surface area (Å²) in [5, 5.41) is 3.96. The largest absolute Gasteiger partial charge is 0.417 e. The number of alkyl halides is 3. The minimum Gasteiger partial charge on any atom is -0.361 e. The van der Waals surface area contributed by atoms with E-state index in [-0.39, 0.29) is 5.56 Å². The molecule has 0 aliphatic carbocycles. The zero-order valence-corrected chi connectivity index (χ0v) is 14.9. The van der Waals surface area contributed by atoms with Crippen LogP contribution in [0.5, 0.6) is 0 Å². The zero-order valence-electron chi connectivity index (χ0n) is 14.9. The average Bonchev–Trinajstić information content (AvgIpc) is 3.14. The first-order valence-corrected chi connectivity index (χ1v) is 8.36. The Kier molecular flexibility index (Phi) is 3.83. The summed E-state index contributed by atoms with van der Waals surface area (Å²) in [4.78, 5) is 7.54. The Morgan fingerprint density at radius 2 is 1.74 bits per heavy atom. The number of halogens is 3. The van der Waals surface area contributed by atoms with Crippen molar-refractivity contribution in [3.63, 3.8) is 0 Å². The summed E-state index contributed by atoms with van der Waals surface area (Å²) in [5.74, 6) is 1.24. The van der Waals surface area contributed by atoms with Gasteiger partial charge in [-0.15, -0.1) is 0 Å². The highest BCUT2D eigenvalue weighted by Crippen LogP contribution is 2.41. The minimum atomic E-state index is -4.46. The predicted octanol–water partition coefficient (Wildman–Crippen LogP) is 5.83. The summed E-state index contributed by atoms with van der Waals surface area (Å²) < 4.78 is 46.0. The highest BCUT2D eigenvalue weighted by atomic mass is 19.4. The fraction of sp³-hybridized carbons (Fsp3) is 0.200. The van der Waals surface area contributed by atoms with Crippen molar-refractivity contribution in [2.75, 3.05) is 0 Å². The van der Waals surface area contributed by atoms with Gasteiger partial charge in [-0.25, -0.2) is 4.98 Å². The third kappa shape index (κ3) is 2.89. The van der Waals surface area contributed by atoms with Gasteiger partial charge in [0.1, 0.15) is 11.6 Å². The number of hydrogen-bond donors (Lipinski definition) is 1. The number of benzene rings is 2. The standard InChI is InChI=1S/C20H16F3N3O/c1-10-18(11(2)27-26-10)13-8-15(19-17(9-13)24-12(3)25-19)14-6-4-5-7-16(14)20(21,22)23/h4-9H,1-3H3,(H,24,25). The molecule has 2 aromatic carbocycles. The van der Waals surface area contributed by atoms with Crippen molar-refractivity contribution >= 4 is 11.0 Å². The topological polar surface area (TPSA) is 54.7 Å². The highest BCUT2D eigenvalue weighted by molar-refractivity contribution is 5.97. The van der Waals surface area contributed by atoms with Crippen LogP contribution in [0.3, 0.4) is 0 Å². The molecule has 4 nitrogen and oxygen atoms in total. The number of aromatic amines is 1. The monoisotopic (exact) mass is 371 g/mol. The number of rotatable bonds is 2. The van der Waals surface area contributed by atoms with E-state index in [4.69, 9.17) is 4.52 Å². The van der Waals surface area contributed by atoms with Gasteiger partial charge in [-0.05, 0) is 50.1 Å². The molecular weight excluding hydrogens is 355 g/mol. The van der Waals surface area contributed by atoms with E-state index >= 15 is 0 Å². The predicted molar refractivity (Wildman–Crippen MR) is 96.2 cm³/mol. The third-order valence-electron chi connectivity index (χ3n) is 4.55. The molecule has 0 spiro atoms. The van der Waals surface area contributed by atoms with Crippen LogP contribution in [0.4, 0.5) is 13.2 Å². The van der Waals surface area contributed by atoms with Crippen LogP contribution in [-0.4, -0.2) is 15.1 Å². The van der Waals surface area contributed by atoms with Gasteiger partial charge in [-0.2, -0.15) is 13.2 Å². The number of nitrogens with one attached hydrogen (secondary N) is 1. The molecule has 0 saturated carbocycles. The molecule has 1 N–H and O–H groups in total. The maximum atomic E-state index is 13.6. The van der Waals surface area contributed by atoms with E-state index in [0.717, 1.165) is 17.2 Å². The Morgan fingerprint density at radius 1 is 1.00 bits per heavy atom. The van der Waals surface area contributed by atoms with Crippen molar-refractivity contribution in [1.82, 2.24) is 15.1 Å². The molecule has 2 aromatic heterocycles. The van der Waals surface area contributed by atoms with Gasteiger partial charge in [-0.3, -0.25) is 0 Å². The lowest BCUT2D eigenvalue weighted by molar-refractivity contribution is -0.137. The van der Waals surface area contributed by atoms with Crippen LogP contribution in [0.25, 0.3) is 33.3 Å². The van der Waals surface area contributed by atoms with Crippen molar-refractivity contribution in [3.8, 4) is 22.3 Å². The molecule has 0 aliphatic rings. The summed E-state index contributed by atoms with van der Waals surface area (Å²) in [6.45, 7) is 5.35. The molecule has 0 bridgehead atoms. The molecule has 4 aromatic rings. The number of H-pyrrole nitrogens is 1. The van der Waals surface area contributed by atoms with Gasteiger partial charge >= 0.3 is 6.18 Å². The maximum absolute atomic E-state index is 13.6. The van der Waals surface area contributed by atoms with Gasteiger partial charge in [0.05, 0.1) is 22.3 Å². The van der Waals surface area contributed by atoms with E-state index in [0.29, 0.717) is 33.9 Å². The Labute approximate surface area is 153 Å². The Morgan fingerprint density at radius 3 is 2.41 bits per heavy atom. The maximum Gasteiger partial charge on any atom is 0.417 e. The average molecular weight is 371 g/mol. The van der Waals surface area contributed by atoms with Crippen LogP contribution in [0, 0.1) is 20.8 Å². The SMILES string of the molecule is Cc1nc2c(-c3ccccc3C(F)(F)F)cc(-c3c(C)noc3C)cc2[nH]1. The molecule has 27 heavy (non-hydrogen) atoms. The molecule has 0 aliphatic heterocycles. The second-order valence-electron chi connectivity index (χ2n) is 6.48. The molecule has 7 heteroatoms. The minimum absolute atomic E-state index is 0.0927. The van der Waals surface area contributed by atoms with E-state index in [2.05, 4.69) is 15.1 Å². The number of hydrogen-bond acceptors (Lipinski definition) is 3. The first-order valence-electron chi connectivity index (χ1n) is 8.36. The van der Waals surface area contributed by atoms with E-state index in [9.17, 15) is 13.2 Å². The van der Waals surface area contributed by atoms with Crippen molar-refractivity contribution < 1.29 is 17.7 Å². The molecule has 0 atom stereocenters. The molecule has 0 unspecified atom stereocenters. The van der Waals surface area contributed by atoms with Gasteiger partial charge in [0.15, 0.2) is 0 Å². The molecule has 0 saturated heterocycles. The van der Waals surface area contributed by atoms with Crippen LogP contribution in [0.1, 0.15) is 22.8 Å². The van der Waals surface area contributed by atoms with E-state index in [1.165, 1.54) is 12.1 Å². The fourth-order valence-corrected chi connectivity index (χ4v) is 3.45. The number of fused-ring (bicyclic) bond motifs is 1. The molecule has 0 radical (unpaired) electrons. The first-order chi connectivity index (χ1) is 12.8. The zero-order chi connectivity index (χ0) is 19.3. The summed E-state index contributed by atoms with van der Waals surface area (Å²) in [5.41, 5.74) is 3.16. The van der Waals surface area contributed by atoms with Crippen LogP contribution in [0.15, 0.2) is 40.9 Å². The lowest BCUT2D eigenvalue weighted by Gasteiger charge is -2.14. The quantitative estimate of drug-likeness (QED) is 0.482. The first kappa shape index (κ1) is 17.3. The van der Waals surface area contributed by atoms with Gasteiger partial charge in [-0.1, -0.05) is 23.4 Å². The lowest BCUT2D eigenvalue weighted by atomic mass is 9.94. The third-order valence-corrected chi connectivity index (χ3v) is 4.55. The second-order valence-corrected chi connectivity index (χ2v) is 6.48. The van der Waals surface area contributed by atoms with Gasteiger partial charge in [0, 0.05) is 11.1 Å². The fourth-order valence-electron chi connectivity index (χ4n) is 3.45. The van der Waals surface area contributed by atoms with Crippen molar-refractivity contribution in [2.24, 2.45) is 0 Å². The van der Waals surface area contributed by atoms with E-state index in [1.807, 2.05) is 6.07 Å². The van der Waals surface area contributed by atoms with Crippen LogP contribution in [-0.2, 0) is 6.18 Å². The summed E-state index contributed by atoms with van der Waals surface area (Å²) in [6, 6.07) is 9.12. The van der Waals surface area contributed by atoms with Crippen molar-refractivity contribution in [3.05, 3.63) is 59.2 Å². The molecule has 0 amide bonds. The number of imidazole rings is 1. The summed E-state index contributed by atoms with van der Waals surface area (Å²) in [6.07, 6.45) is -4.46. The van der Waals surface area contributed by atoms with Gasteiger partial charge in [0.25, 0.3) is 0 Å². The molecular formula is C20H16F3N3O. The highest BCUT2D eigenvalue weighted by Gasteiger charge is 2.34. The van der Waals surface area contributed by atoms with Gasteiger partial charge in [0.2, 0.25) is 0 Å². The van der Waals surface area contributed by atoms with Crippen LogP contribution < -0.4 is 0 Å². The van der Waals surface area contributed by atoms with Gasteiger partial charge < -0.3 is 9.51 Å². The molecule has 0 fully saturated rings. The van der Waals surface area contributed by atoms with E-state index in [1.54, 1.807) is 32.9 Å². The smallest absolute Gasteiger partial charge is 0.361 e. The summed E-state index contributed by atoms with van der Waals surface area (Å²) in [7, 11) is 0. The second kappa shape index (κ2) is 5.97. The molecule has 4 rings (SSSR count). The Bertz CT molecular complexity index is 1140. The lowest BCUT2D eigenvalue weighted by Crippen LogP contribution is -2.07. The number of aromatic nitrogens is 3. The molecule has 2 heterocycles.